The van der Waals surface area contributed by atoms with Crippen LogP contribution in [-0.2, 0) is 4.75 Å². The molecular formula is C26H41N2PS. The van der Waals surface area contributed by atoms with Crippen LogP contribution in [0.2, 0.25) is 0 Å². The topological polar surface area (TPSA) is 6.48 Å². The van der Waals surface area contributed by atoms with E-state index < -0.39 is 0 Å². The first-order chi connectivity index (χ1) is 13.7. The van der Waals surface area contributed by atoms with E-state index in [2.05, 4.69) is 128 Å². The zero-order chi connectivity index (χ0) is 22.9. The Balaban J connectivity index is 2.61. The molecule has 0 fully saturated rings. The van der Waals surface area contributed by atoms with Gasteiger partial charge in [-0.2, -0.15) is 12.6 Å². The van der Waals surface area contributed by atoms with E-state index in [1.54, 1.807) is 0 Å². The Hall–Kier alpha value is -1.18. The van der Waals surface area contributed by atoms with Gasteiger partial charge in [0.05, 0.1) is 4.75 Å². The molecule has 0 saturated heterocycles. The van der Waals surface area contributed by atoms with E-state index >= 15 is 0 Å². The fourth-order valence-electron chi connectivity index (χ4n) is 4.13. The summed E-state index contributed by atoms with van der Waals surface area (Å²) < 4.78 is -0.331. The molecular weight excluding hydrogens is 403 g/mol. The lowest BCUT2D eigenvalue weighted by Gasteiger charge is -2.46. The van der Waals surface area contributed by atoms with Crippen molar-refractivity contribution in [3.05, 3.63) is 59.7 Å². The van der Waals surface area contributed by atoms with E-state index in [1.807, 2.05) is 0 Å². The highest BCUT2D eigenvalue weighted by Crippen LogP contribution is 2.63. The van der Waals surface area contributed by atoms with Gasteiger partial charge in [0, 0.05) is 39.6 Å². The number of hydrogen-bond donors (Lipinski definition) is 1. The Kier molecular flexibility index (Phi) is 7.63. The highest BCUT2D eigenvalue weighted by Gasteiger charge is 2.42. The van der Waals surface area contributed by atoms with Gasteiger partial charge in [-0.25, -0.2) is 0 Å². The van der Waals surface area contributed by atoms with E-state index in [-0.39, 0.29) is 23.0 Å². The number of nitrogens with zero attached hydrogens (tertiary/aromatic N) is 2. The predicted octanol–water partition coefficient (Wildman–Crippen LogP) is 7.07. The zero-order valence-electron chi connectivity index (χ0n) is 20.6. The average molecular weight is 445 g/mol. The molecule has 166 valence electrons. The largest absolute Gasteiger partial charge is 0.378 e. The van der Waals surface area contributed by atoms with E-state index in [9.17, 15) is 0 Å². The maximum absolute atomic E-state index is 5.46. The second-order valence-electron chi connectivity index (χ2n) is 10.7. The molecule has 2 aromatic rings. The predicted molar refractivity (Wildman–Crippen MR) is 143 cm³/mol. The summed E-state index contributed by atoms with van der Waals surface area (Å²) in [5, 5.41) is 0.490. The van der Waals surface area contributed by atoms with Crippen molar-refractivity contribution >= 4 is 31.9 Å². The second kappa shape index (κ2) is 9.13. The number of rotatable bonds is 6. The summed E-state index contributed by atoms with van der Waals surface area (Å²) >= 11 is 5.46. The van der Waals surface area contributed by atoms with Crippen molar-refractivity contribution in [2.24, 2.45) is 0 Å². The third kappa shape index (κ3) is 5.74. The molecule has 4 heteroatoms. The monoisotopic (exact) mass is 444 g/mol. The molecule has 0 saturated carbocycles. The first-order valence-electron chi connectivity index (χ1n) is 10.7. The van der Waals surface area contributed by atoms with Gasteiger partial charge in [0.1, 0.15) is 0 Å². The quantitative estimate of drug-likeness (QED) is 0.376. The van der Waals surface area contributed by atoms with Crippen molar-refractivity contribution in [2.45, 2.75) is 56.6 Å². The molecule has 0 aliphatic carbocycles. The minimum Gasteiger partial charge on any atom is -0.378 e. The molecule has 0 atom stereocenters. The lowest BCUT2D eigenvalue weighted by atomic mass is 9.91. The standard InChI is InChI=1S/C26H41N2PS/c1-24(2,3)29(25(4,5)6)19-26(30,20-11-15-22(16-12-20)27(7)8)21-13-17-23(18-14-21)28(9)10/h11-18,30H,19H2,1-10H3. The molecule has 0 radical (unpaired) electrons. The molecule has 0 heterocycles. The van der Waals surface area contributed by atoms with Gasteiger partial charge >= 0.3 is 0 Å². The summed E-state index contributed by atoms with van der Waals surface area (Å²) in [6, 6.07) is 17.9. The van der Waals surface area contributed by atoms with Gasteiger partial charge in [-0.15, -0.1) is 0 Å². The third-order valence-electron chi connectivity index (χ3n) is 5.73. The Morgan fingerprint density at radius 3 is 1.17 bits per heavy atom. The van der Waals surface area contributed by atoms with Gasteiger partial charge < -0.3 is 9.80 Å². The van der Waals surface area contributed by atoms with E-state index in [0.717, 1.165) is 6.16 Å². The Morgan fingerprint density at radius 2 is 0.933 bits per heavy atom. The van der Waals surface area contributed by atoms with Gasteiger partial charge in [-0.1, -0.05) is 73.7 Å². The smallest absolute Gasteiger partial charge is 0.0666 e. The molecule has 0 aromatic heterocycles. The molecule has 0 aliphatic rings. The molecule has 0 aliphatic heterocycles. The highest BCUT2D eigenvalue weighted by molar-refractivity contribution is 7.82. The molecule has 2 nitrogen and oxygen atoms in total. The minimum absolute atomic E-state index is 0.245. The fraction of sp³-hybridized carbons (Fsp3) is 0.538. The van der Waals surface area contributed by atoms with E-state index in [1.165, 1.54) is 22.5 Å². The minimum atomic E-state index is -0.331. The van der Waals surface area contributed by atoms with Gasteiger partial charge in [0.2, 0.25) is 0 Å². The summed E-state index contributed by atoms with van der Waals surface area (Å²) in [7, 11) is 8.02. The van der Waals surface area contributed by atoms with Crippen molar-refractivity contribution in [1.29, 1.82) is 0 Å². The molecule has 0 bridgehead atoms. The van der Waals surface area contributed by atoms with Crippen LogP contribution in [0.1, 0.15) is 52.7 Å². The van der Waals surface area contributed by atoms with Crippen LogP contribution in [-0.4, -0.2) is 44.7 Å². The number of thiol groups is 1. The zero-order valence-corrected chi connectivity index (χ0v) is 22.4. The van der Waals surface area contributed by atoms with Crippen molar-refractivity contribution in [3.63, 3.8) is 0 Å². The van der Waals surface area contributed by atoms with Crippen LogP contribution in [0, 0.1) is 0 Å². The summed E-state index contributed by atoms with van der Waals surface area (Å²) in [6.45, 7) is 14.3. The van der Waals surface area contributed by atoms with Crippen molar-refractivity contribution in [2.75, 3.05) is 44.2 Å². The van der Waals surface area contributed by atoms with E-state index in [4.69, 9.17) is 12.6 Å². The SMILES string of the molecule is CN(C)c1ccc(C(S)(CP(C(C)(C)C)C(C)(C)C)c2ccc(N(C)C)cc2)cc1. The third-order valence-corrected chi connectivity index (χ3v) is 10.7. The van der Waals surface area contributed by atoms with Crippen LogP contribution in [0.4, 0.5) is 11.4 Å². The Morgan fingerprint density at radius 1 is 0.633 bits per heavy atom. The number of benzene rings is 2. The lowest BCUT2D eigenvalue weighted by Crippen LogP contribution is -2.34. The fourth-order valence-corrected chi connectivity index (χ4v) is 8.64. The normalized spacial score (nSPS) is 12.9. The molecule has 2 rings (SSSR count). The van der Waals surface area contributed by atoms with Crippen LogP contribution in [0.3, 0.4) is 0 Å². The summed E-state index contributed by atoms with van der Waals surface area (Å²) in [6.07, 6.45) is 1.04. The van der Waals surface area contributed by atoms with Crippen LogP contribution < -0.4 is 9.80 Å². The van der Waals surface area contributed by atoms with Crippen molar-refractivity contribution in [1.82, 2.24) is 0 Å². The maximum atomic E-state index is 5.46. The first-order valence-corrected chi connectivity index (χ1v) is 12.7. The summed E-state index contributed by atoms with van der Waals surface area (Å²) in [5.41, 5.74) is 4.97. The van der Waals surface area contributed by atoms with Gasteiger partial charge in [0.15, 0.2) is 0 Å². The Bertz CT molecular complexity index is 747. The van der Waals surface area contributed by atoms with Crippen molar-refractivity contribution in [3.8, 4) is 0 Å². The van der Waals surface area contributed by atoms with Gasteiger partial charge in [0.25, 0.3) is 0 Å². The van der Waals surface area contributed by atoms with Crippen LogP contribution in [0.15, 0.2) is 48.5 Å². The van der Waals surface area contributed by atoms with E-state index in [0.29, 0.717) is 0 Å². The Labute approximate surface area is 192 Å². The molecule has 2 aromatic carbocycles. The summed E-state index contributed by atoms with van der Waals surface area (Å²) in [4.78, 5) is 4.29. The number of hydrogen-bond acceptors (Lipinski definition) is 3. The molecule has 30 heavy (non-hydrogen) atoms. The number of anilines is 2. The van der Waals surface area contributed by atoms with Crippen molar-refractivity contribution < 1.29 is 0 Å². The van der Waals surface area contributed by atoms with Crippen LogP contribution >= 0.6 is 20.6 Å². The van der Waals surface area contributed by atoms with Crippen LogP contribution in [0.25, 0.3) is 0 Å². The lowest BCUT2D eigenvalue weighted by molar-refractivity contribution is 0.689. The summed E-state index contributed by atoms with van der Waals surface area (Å²) in [5.74, 6) is 0. The van der Waals surface area contributed by atoms with Gasteiger partial charge in [-0.05, 0) is 51.9 Å². The maximum Gasteiger partial charge on any atom is 0.0666 e. The average Bonchev–Trinajstić information content (AvgIpc) is 2.64. The first kappa shape index (κ1) is 25.1. The highest BCUT2D eigenvalue weighted by atomic mass is 32.1. The van der Waals surface area contributed by atoms with Gasteiger partial charge in [-0.3, -0.25) is 0 Å². The molecule has 0 amide bonds. The molecule has 0 N–H and O–H groups in total. The van der Waals surface area contributed by atoms with Crippen LogP contribution in [0.5, 0.6) is 0 Å². The second-order valence-corrected chi connectivity index (χ2v) is 15.3. The molecule has 0 unspecified atom stereocenters. The molecule has 0 spiro atoms.